The van der Waals surface area contributed by atoms with Crippen molar-refractivity contribution < 1.29 is 0 Å². The zero-order valence-electron chi connectivity index (χ0n) is 9.10. The van der Waals surface area contributed by atoms with Gasteiger partial charge < -0.3 is 0 Å². The molecule has 0 aromatic heterocycles. The van der Waals surface area contributed by atoms with E-state index < -0.39 is 0 Å². The van der Waals surface area contributed by atoms with Gasteiger partial charge in [0.1, 0.15) is 0 Å². The molecule has 0 unspecified atom stereocenters. The van der Waals surface area contributed by atoms with E-state index in [1.807, 2.05) is 19.5 Å². The number of fused-ring (bicyclic) bond motifs is 1. The van der Waals surface area contributed by atoms with Crippen LogP contribution in [0.4, 0.5) is 0 Å². The summed E-state index contributed by atoms with van der Waals surface area (Å²) in [4.78, 5) is 4.10. The molecule has 76 valence electrons. The van der Waals surface area contributed by atoms with Crippen LogP contribution in [0.5, 0.6) is 0 Å². The fraction of sp³-hybridized carbons (Fsp3) is 0.500. The summed E-state index contributed by atoms with van der Waals surface area (Å²) in [6, 6.07) is 0. The van der Waals surface area contributed by atoms with Gasteiger partial charge in [-0.2, -0.15) is 0 Å². The third kappa shape index (κ3) is 1.32. The van der Waals surface area contributed by atoms with E-state index in [1.165, 1.54) is 0 Å². The molecule has 0 bridgehead atoms. The molecule has 0 fully saturated rings. The van der Waals surface area contributed by atoms with Crippen LogP contribution in [0.15, 0.2) is 29.3 Å². The zero-order chi connectivity index (χ0) is 10.3. The highest BCUT2D eigenvalue weighted by Crippen LogP contribution is 2.27. The molecule has 0 saturated heterocycles. The average molecular weight is 192 g/mol. The van der Waals surface area contributed by atoms with Crippen LogP contribution in [-0.4, -0.2) is 33.9 Å². The normalized spacial score (nSPS) is 21.6. The molecule has 0 amide bonds. The van der Waals surface area contributed by atoms with Crippen molar-refractivity contribution in [3.8, 4) is 0 Å². The van der Waals surface area contributed by atoms with Crippen molar-refractivity contribution >= 4 is 6.21 Å². The van der Waals surface area contributed by atoms with E-state index in [0.717, 1.165) is 5.70 Å². The first-order valence-electron chi connectivity index (χ1n) is 4.74. The Morgan fingerprint density at radius 2 is 2.00 bits per heavy atom. The van der Waals surface area contributed by atoms with Gasteiger partial charge in [0.25, 0.3) is 0 Å². The maximum Gasteiger partial charge on any atom is 0.0948 e. The number of hydrogen-bond donors (Lipinski definition) is 0. The van der Waals surface area contributed by atoms with Gasteiger partial charge in [-0.05, 0) is 20.8 Å². The van der Waals surface area contributed by atoms with Gasteiger partial charge in [0.05, 0.1) is 11.9 Å². The zero-order valence-corrected chi connectivity index (χ0v) is 9.10. The van der Waals surface area contributed by atoms with E-state index in [1.54, 1.807) is 6.20 Å². The molecular weight excluding hydrogens is 176 g/mol. The molecule has 0 N–H and O–H groups in total. The monoisotopic (exact) mass is 192 g/mol. The quantitative estimate of drug-likeness (QED) is 0.581. The van der Waals surface area contributed by atoms with Crippen LogP contribution in [-0.2, 0) is 0 Å². The van der Waals surface area contributed by atoms with E-state index in [9.17, 15) is 0 Å². The van der Waals surface area contributed by atoms with E-state index in [0.29, 0.717) is 0 Å². The van der Waals surface area contributed by atoms with Gasteiger partial charge >= 0.3 is 0 Å². The lowest BCUT2D eigenvalue weighted by Gasteiger charge is -2.39. The fourth-order valence-corrected chi connectivity index (χ4v) is 1.66. The smallest absolute Gasteiger partial charge is 0.0948 e. The van der Waals surface area contributed by atoms with Crippen molar-refractivity contribution in [3.63, 3.8) is 0 Å². The van der Waals surface area contributed by atoms with Gasteiger partial charge in [0, 0.05) is 31.2 Å². The van der Waals surface area contributed by atoms with Gasteiger partial charge in [0.15, 0.2) is 0 Å². The standard InChI is InChI=1S/C10H16N4/c1-10(2,3)14-8-9-7-11-5-6-13(9)12(14)4/h5-8H,1-4H3. The first kappa shape index (κ1) is 9.27. The van der Waals surface area contributed by atoms with Crippen LogP contribution in [0, 0.1) is 0 Å². The molecule has 0 radical (unpaired) electrons. The maximum absolute atomic E-state index is 4.10. The second kappa shape index (κ2) is 2.85. The summed E-state index contributed by atoms with van der Waals surface area (Å²) in [5.74, 6) is 0. The molecule has 0 aromatic carbocycles. The third-order valence-electron chi connectivity index (χ3n) is 2.33. The van der Waals surface area contributed by atoms with Crippen molar-refractivity contribution in [2.45, 2.75) is 26.3 Å². The van der Waals surface area contributed by atoms with Gasteiger partial charge in [-0.25, -0.2) is 0 Å². The molecule has 0 aliphatic carbocycles. The predicted octanol–water partition coefficient (Wildman–Crippen LogP) is 1.56. The van der Waals surface area contributed by atoms with Crippen molar-refractivity contribution in [2.75, 3.05) is 7.05 Å². The summed E-state index contributed by atoms with van der Waals surface area (Å²) in [6.07, 6.45) is 7.72. The van der Waals surface area contributed by atoms with Crippen LogP contribution >= 0.6 is 0 Å². The van der Waals surface area contributed by atoms with Crippen molar-refractivity contribution in [2.24, 2.45) is 4.99 Å². The van der Waals surface area contributed by atoms with E-state index in [2.05, 4.69) is 47.1 Å². The van der Waals surface area contributed by atoms with E-state index >= 15 is 0 Å². The summed E-state index contributed by atoms with van der Waals surface area (Å²) in [7, 11) is 2.04. The summed E-state index contributed by atoms with van der Waals surface area (Å²) >= 11 is 0. The lowest BCUT2D eigenvalue weighted by molar-refractivity contribution is -0.107. The molecule has 0 aromatic rings. The number of nitrogens with zero attached hydrogens (tertiary/aromatic N) is 4. The van der Waals surface area contributed by atoms with Crippen LogP contribution in [0.1, 0.15) is 20.8 Å². The van der Waals surface area contributed by atoms with Crippen molar-refractivity contribution in [1.29, 1.82) is 0 Å². The molecule has 4 nitrogen and oxygen atoms in total. The number of aliphatic imine (C=N–C) groups is 1. The van der Waals surface area contributed by atoms with Crippen molar-refractivity contribution in [3.05, 3.63) is 24.3 Å². The number of rotatable bonds is 0. The Morgan fingerprint density at radius 3 is 2.57 bits per heavy atom. The molecule has 2 aliphatic rings. The lowest BCUT2D eigenvalue weighted by atomic mass is 10.1. The second-order valence-electron chi connectivity index (χ2n) is 4.48. The maximum atomic E-state index is 4.10. The lowest BCUT2D eigenvalue weighted by Crippen LogP contribution is -2.49. The van der Waals surface area contributed by atoms with Crippen molar-refractivity contribution in [1.82, 2.24) is 15.1 Å². The highest BCUT2D eigenvalue weighted by atomic mass is 15.9. The average Bonchev–Trinajstić information content (AvgIpc) is 2.44. The molecule has 2 rings (SSSR count). The minimum Gasteiger partial charge on any atom is -0.288 e. The Labute approximate surface area is 84.7 Å². The molecule has 0 spiro atoms. The van der Waals surface area contributed by atoms with Gasteiger partial charge in [-0.1, -0.05) is 0 Å². The Kier molecular flexibility index (Phi) is 1.89. The molecule has 2 heterocycles. The first-order valence-corrected chi connectivity index (χ1v) is 4.74. The number of allylic oxidation sites excluding steroid dienone is 1. The van der Waals surface area contributed by atoms with Gasteiger partial charge in [-0.15, -0.1) is 5.12 Å². The Hall–Kier alpha value is -1.29. The summed E-state index contributed by atoms with van der Waals surface area (Å²) < 4.78 is 0. The van der Waals surface area contributed by atoms with Crippen LogP contribution in [0.25, 0.3) is 0 Å². The topological polar surface area (TPSA) is 22.1 Å². The van der Waals surface area contributed by atoms with E-state index in [4.69, 9.17) is 0 Å². The Balaban J connectivity index is 2.30. The molecule has 14 heavy (non-hydrogen) atoms. The first-order chi connectivity index (χ1) is 6.50. The summed E-state index contributed by atoms with van der Waals surface area (Å²) in [6.45, 7) is 6.54. The van der Waals surface area contributed by atoms with Crippen LogP contribution in [0.2, 0.25) is 0 Å². The Morgan fingerprint density at radius 1 is 1.29 bits per heavy atom. The van der Waals surface area contributed by atoms with Crippen LogP contribution in [0.3, 0.4) is 0 Å². The molecule has 0 saturated carbocycles. The summed E-state index contributed by atoms with van der Waals surface area (Å²) in [5.41, 5.74) is 1.19. The summed E-state index contributed by atoms with van der Waals surface area (Å²) in [5, 5.41) is 6.33. The molecule has 2 aliphatic heterocycles. The minimum absolute atomic E-state index is 0.0841. The SMILES string of the molecule is CN1N2C=CN=CC2=CN1C(C)(C)C. The van der Waals surface area contributed by atoms with Gasteiger partial charge in [0.2, 0.25) is 0 Å². The highest BCUT2D eigenvalue weighted by Gasteiger charge is 2.32. The highest BCUT2D eigenvalue weighted by molar-refractivity contribution is 5.79. The van der Waals surface area contributed by atoms with Gasteiger partial charge in [-0.3, -0.25) is 15.0 Å². The third-order valence-corrected chi connectivity index (χ3v) is 2.33. The largest absolute Gasteiger partial charge is 0.288 e. The molecule has 4 heteroatoms. The number of hydrazine groups is 2. The molecular formula is C10H16N4. The Bertz CT molecular complexity index is 322. The second-order valence-corrected chi connectivity index (χ2v) is 4.48. The number of hydrogen-bond acceptors (Lipinski definition) is 4. The molecule has 0 atom stereocenters. The minimum atomic E-state index is 0.0841. The van der Waals surface area contributed by atoms with E-state index in [-0.39, 0.29) is 5.54 Å². The predicted molar refractivity (Wildman–Crippen MR) is 56.9 cm³/mol. The fourth-order valence-electron chi connectivity index (χ4n) is 1.66. The van der Waals surface area contributed by atoms with Crippen LogP contribution < -0.4 is 0 Å².